The fourth-order valence-corrected chi connectivity index (χ4v) is 8.35. The fourth-order valence-electron chi connectivity index (χ4n) is 8.35. The van der Waals surface area contributed by atoms with Crippen molar-refractivity contribution in [3.8, 4) is 0 Å². The molecule has 1 aromatic carbocycles. The number of ketones is 1. The lowest BCUT2D eigenvalue weighted by atomic mass is 9.59. The number of benzene rings is 1. The molecule has 40 heavy (non-hydrogen) atoms. The Bertz CT molecular complexity index is 1250. The molecule has 0 aromatic heterocycles. The summed E-state index contributed by atoms with van der Waals surface area (Å²) in [6.07, 6.45) is 7.77. The summed E-state index contributed by atoms with van der Waals surface area (Å²) in [7, 11) is 0. The molecular formula is C33H44O7. The lowest BCUT2D eigenvalue weighted by Gasteiger charge is -2.52. The number of ether oxygens (including phenoxy) is 1. The van der Waals surface area contributed by atoms with Gasteiger partial charge in [-0.2, -0.15) is 0 Å². The van der Waals surface area contributed by atoms with Gasteiger partial charge in [0.1, 0.15) is 17.3 Å². The van der Waals surface area contributed by atoms with Crippen LogP contribution in [-0.2, 0) is 16.0 Å². The van der Waals surface area contributed by atoms with Crippen molar-refractivity contribution in [2.45, 2.75) is 96.1 Å². The maximum atomic E-state index is 13.4. The van der Waals surface area contributed by atoms with E-state index in [0.29, 0.717) is 16.7 Å². The summed E-state index contributed by atoms with van der Waals surface area (Å²) in [5.41, 5.74) is -3.48. The molecule has 0 heterocycles. The molecule has 1 aromatic rings. The number of aliphatic hydroxyl groups excluding tert-OH is 1. The molecule has 4 aliphatic carbocycles. The standard InChI is InChI=1S/C33H44O7/c1-6-7-8-9-10-21-11-13-23(14-12-21)29(36)40-28-20(3)32(38)24(26-30(4,5)33(26,28)39)16-22(18-34)17-31(37)25(32)15-19(2)27(31)35/h11-16,20,24-26,28,34,37-39H,6-10,17-18H2,1-5H3/t20-,24+,25-,26-,28-,31-,32-,33-/m1/s1. The molecule has 4 aliphatic rings. The second kappa shape index (κ2) is 9.90. The molecule has 8 atom stereocenters. The molecule has 0 unspecified atom stereocenters. The first-order valence-corrected chi connectivity index (χ1v) is 14.8. The third-order valence-electron chi connectivity index (χ3n) is 10.7. The molecule has 2 fully saturated rings. The number of hydrogen-bond acceptors (Lipinski definition) is 7. The van der Waals surface area contributed by atoms with Crippen molar-refractivity contribution in [1.82, 2.24) is 0 Å². The van der Waals surface area contributed by atoms with Crippen LogP contribution in [0.1, 0.15) is 82.6 Å². The largest absolute Gasteiger partial charge is 0.455 e. The Labute approximate surface area is 236 Å². The van der Waals surface area contributed by atoms with Gasteiger partial charge in [0.25, 0.3) is 0 Å². The van der Waals surface area contributed by atoms with Crippen LogP contribution in [0, 0.1) is 29.1 Å². The first-order valence-electron chi connectivity index (χ1n) is 14.8. The summed E-state index contributed by atoms with van der Waals surface area (Å²) < 4.78 is 6.07. The topological polar surface area (TPSA) is 124 Å². The van der Waals surface area contributed by atoms with Gasteiger partial charge in [0.2, 0.25) is 0 Å². The minimum absolute atomic E-state index is 0.104. The zero-order valence-corrected chi connectivity index (χ0v) is 24.3. The van der Waals surface area contributed by atoms with Crippen molar-refractivity contribution < 1.29 is 34.8 Å². The van der Waals surface area contributed by atoms with Gasteiger partial charge in [0.05, 0.1) is 17.8 Å². The Morgan fingerprint density at radius 2 is 1.73 bits per heavy atom. The van der Waals surface area contributed by atoms with E-state index in [9.17, 15) is 30.0 Å². The van der Waals surface area contributed by atoms with Crippen molar-refractivity contribution in [2.75, 3.05) is 6.61 Å². The van der Waals surface area contributed by atoms with Crippen LogP contribution in [-0.4, -0.2) is 61.7 Å². The SMILES string of the molecule is CCCCCCc1ccc(C(=O)O[C@@H]2[C@@H](C)[C@@]3(O)[C@@H](C=C(CO)C[C@]4(O)C(=O)C(C)=C[C@@H]34)[C@@H]3C(C)(C)[C@]23O)cc1. The van der Waals surface area contributed by atoms with Crippen LogP contribution < -0.4 is 0 Å². The molecule has 7 heteroatoms. The van der Waals surface area contributed by atoms with Crippen LogP contribution in [0.25, 0.3) is 0 Å². The molecule has 5 rings (SSSR count). The van der Waals surface area contributed by atoms with E-state index in [1.54, 1.807) is 38.1 Å². The van der Waals surface area contributed by atoms with E-state index in [0.717, 1.165) is 18.4 Å². The smallest absolute Gasteiger partial charge is 0.338 e. The molecule has 2 saturated carbocycles. The van der Waals surface area contributed by atoms with Gasteiger partial charge >= 0.3 is 5.97 Å². The Morgan fingerprint density at radius 1 is 1.05 bits per heavy atom. The molecule has 0 radical (unpaired) electrons. The average molecular weight is 553 g/mol. The van der Waals surface area contributed by atoms with Crippen molar-refractivity contribution in [3.63, 3.8) is 0 Å². The number of rotatable bonds is 8. The van der Waals surface area contributed by atoms with E-state index in [2.05, 4.69) is 6.92 Å². The minimum Gasteiger partial charge on any atom is -0.455 e. The Kier molecular flexibility index (Phi) is 7.22. The highest BCUT2D eigenvalue weighted by Crippen LogP contribution is 2.75. The number of fused-ring (bicyclic) bond motifs is 5. The van der Waals surface area contributed by atoms with Gasteiger partial charge in [0, 0.05) is 35.5 Å². The Balaban J connectivity index is 1.47. The highest BCUT2D eigenvalue weighted by Gasteiger charge is 2.85. The van der Waals surface area contributed by atoms with Crippen LogP contribution in [0.3, 0.4) is 0 Å². The maximum Gasteiger partial charge on any atom is 0.338 e. The van der Waals surface area contributed by atoms with Gasteiger partial charge in [-0.1, -0.05) is 71.2 Å². The number of aryl methyl sites for hydroxylation is 1. The van der Waals surface area contributed by atoms with Gasteiger partial charge in [-0.3, -0.25) is 4.79 Å². The predicted molar refractivity (Wildman–Crippen MR) is 150 cm³/mol. The number of carbonyl (C=O) groups is 2. The van der Waals surface area contributed by atoms with Crippen molar-refractivity contribution in [3.05, 3.63) is 58.7 Å². The van der Waals surface area contributed by atoms with Crippen LogP contribution in [0.4, 0.5) is 0 Å². The Morgan fingerprint density at radius 3 is 2.35 bits per heavy atom. The van der Waals surface area contributed by atoms with E-state index in [-0.39, 0.29) is 13.0 Å². The van der Waals surface area contributed by atoms with Crippen LogP contribution in [0.5, 0.6) is 0 Å². The van der Waals surface area contributed by atoms with Gasteiger partial charge in [-0.05, 0) is 48.6 Å². The number of unbranched alkanes of at least 4 members (excludes halogenated alkanes) is 3. The van der Waals surface area contributed by atoms with Crippen molar-refractivity contribution in [1.29, 1.82) is 0 Å². The van der Waals surface area contributed by atoms with E-state index in [4.69, 9.17) is 4.74 Å². The molecule has 218 valence electrons. The summed E-state index contributed by atoms with van der Waals surface area (Å²) in [5, 5.41) is 46.5. The van der Waals surface area contributed by atoms with Crippen molar-refractivity contribution >= 4 is 11.8 Å². The molecule has 0 saturated heterocycles. The lowest BCUT2D eigenvalue weighted by Crippen LogP contribution is -2.65. The number of esters is 1. The average Bonchev–Trinajstić information content (AvgIpc) is 3.32. The highest BCUT2D eigenvalue weighted by molar-refractivity contribution is 6.04. The summed E-state index contributed by atoms with van der Waals surface area (Å²) in [6.45, 7) is 8.91. The number of hydrogen-bond donors (Lipinski definition) is 4. The lowest BCUT2D eigenvalue weighted by molar-refractivity contribution is -0.209. The minimum atomic E-state index is -1.92. The van der Waals surface area contributed by atoms with E-state index in [1.165, 1.54) is 19.3 Å². The number of aliphatic hydroxyl groups is 4. The van der Waals surface area contributed by atoms with Gasteiger partial charge in [-0.25, -0.2) is 4.79 Å². The number of carbonyl (C=O) groups excluding carboxylic acids is 2. The maximum absolute atomic E-state index is 13.4. The normalized spacial score (nSPS) is 39.3. The predicted octanol–water partition coefficient (Wildman–Crippen LogP) is 3.92. The third-order valence-corrected chi connectivity index (χ3v) is 10.7. The second-order valence-electron chi connectivity index (χ2n) is 13.3. The summed E-state index contributed by atoms with van der Waals surface area (Å²) in [4.78, 5) is 26.6. The van der Waals surface area contributed by atoms with Gasteiger partial charge < -0.3 is 25.2 Å². The molecule has 0 bridgehead atoms. The molecule has 0 aliphatic heterocycles. The second-order valence-corrected chi connectivity index (χ2v) is 13.3. The zero-order chi connectivity index (χ0) is 29.3. The van der Waals surface area contributed by atoms with Gasteiger partial charge in [0.15, 0.2) is 5.78 Å². The molecule has 4 N–H and O–H groups in total. The summed E-state index contributed by atoms with van der Waals surface area (Å²) in [6, 6.07) is 7.34. The molecule has 7 nitrogen and oxygen atoms in total. The first-order chi connectivity index (χ1) is 18.8. The van der Waals surface area contributed by atoms with E-state index in [1.807, 2.05) is 26.0 Å². The molecule has 0 spiro atoms. The van der Waals surface area contributed by atoms with Crippen LogP contribution in [0.2, 0.25) is 0 Å². The van der Waals surface area contributed by atoms with Crippen molar-refractivity contribution in [2.24, 2.45) is 29.1 Å². The summed E-state index contributed by atoms with van der Waals surface area (Å²) >= 11 is 0. The Hall–Kier alpha value is -2.32. The van der Waals surface area contributed by atoms with E-state index >= 15 is 0 Å². The van der Waals surface area contributed by atoms with Crippen LogP contribution >= 0.6 is 0 Å². The number of Topliss-reactive ketones (excluding diaryl/α,β-unsaturated/α-hetero) is 1. The fraction of sp³-hybridized carbons (Fsp3) is 0.636. The first kappa shape index (κ1) is 29.2. The zero-order valence-electron chi connectivity index (χ0n) is 24.3. The third kappa shape index (κ3) is 3.99. The monoisotopic (exact) mass is 552 g/mol. The molecular weight excluding hydrogens is 508 g/mol. The van der Waals surface area contributed by atoms with E-state index < -0.39 is 63.7 Å². The van der Waals surface area contributed by atoms with Gasteiger partial charge in [-0.15, -0.1) is 0 Å². The molecule has 0 amide bonds. The highest BCUT2D eigenvalue weighted by atomic mass is 16.6. The van der Waals surface area contributed by atoms with Crippen LogP contribution in [0.15, 0.2) is 47.6 Å². The quantitative estimate of drug-likeness (QED) is 0.219. The summed E-state index contributed by atoms with van der Waals surface area (Å²) in [5.74, 6) is -4.06.